The molecule has 3 nitrogen and oxygen atoms in total. The van der Waals surface area contributed by atoms with Gasteiger partial charge in [-0.3, -0.25) is 4.79 Å². The van der Waals surface area contributed by atoms with Crippen LogP contribution in [0.1, 0.15) is 12.8 Å². The molecule has 1 amide bonds. The molecule has 1 unspecified atom stereocenters. The van der Waals surface area contributed by atoms with E-state index in [1.54, 1.807) is 4.90 Å². The second kappa shape index (κ2) is 5.50. The summed E-state index contributed by atoms with van der Waals surface area (Å²) in [7, 11) is 1.83. The lowest BCUT2D eigenvalue weighted by Gasteiger charge is -2.26. The number of nitrogens with zero attached hydrogens (tertiary/aromatic N) is 1. The van der Waals surface area contributed by atoms with Crippen molar-refractivity contribution in [1.82, 2.24) is 4.90 Å². The number of rotatable bonds is 3. The van der Waals surface area contributed by atoms with Gasteiger partial charge in [-0.25, -0.2) is 0 Å². The van der Waals surface area contributed by atoms with Crippen molar-refractivity contribution in [1.29, 1.82) is 0 Å². The minimum atomic E-state index is 0.0916. The molecule has 1 fully saturated rings. The number of carbonyl (C=O) groups excluding carboxylic acids is 1. The van der Waals surface area contributed by atoms with Crippen LogP contribution < -0.4 is 0 Å². The van der Waals surface area contributed by atoms with Crippen LogP contribution in [0.2, 0.25) is 0 Å². The van der Waals surface area contributed by atoms with Crippen LogP contribution in [-0.4, -0.2) is 43.4 Å². The second-order valence-corrected chi connectivity index (χ2v) is 3.83. The molecule has 0 N–H and O–H groups in total. The maximum absolute atomic E-state index is 11.2. The largest absolute Gasteiger partial charge is 0.381 e. The molecule has 0 aromatic heterocycles. The molecule has 1 aliphatic heterocycles. The first kappa shape index (κ1) is 10.9. The van der Waals surface area contributed by atoms with Crippen LogP contribution >= 0.6 is 12.6 Å². The van der Waals surface area contributed by atoms with Gasteiger partial charge in [0.05, 0.1) is 12.4 Å². The van der Waals surface area contributed by atoms with Gasteiger partial charge in [0.15, 0.2) is 0 Å². The smallest absolute Gasteiger partial charge is 0.232 e. The van der Waals surface area contributed by atoms with Gasteiger partial charge in [0, 0.05) is 20.2 Å². The third kappa shape index (κ3) is 3.56. The van der Waals surface area contributed by atoms with Crippen molar-refractivity contribution in [3.05, 3.63) is 0 Å². The number of carbonyl (C=O) groups is 1. The topological polar surface area (TPSA) is 29.5 Å². The molecular formula is C9H17NO2S. The minimum absolute atomic E-state index is 0.0916. The summed E-state index contributed by atoms with van der Waals surface area (Å²) >= 11 is 3.95. The number of hydrogen-bond acceptors (Lipinski definition) is 3. The first-order valence-corrected chi connectivity index (χ1v) is 5.30. The first-order valence-electron chi connectivity index (χ1n) is 4.66. The third-order valence-corrected chi connectivity index (χ3v) is 2.62. The van der Waals surface area contributed by atoms with Crippen LogP contribution in [-0.2, 0) is 9.53 Å². The molecule has 0 bridgehead atoms. The van der Waals surface area contributed by atoms with E-state index in [1.807, 2.05) is 7.05 Å². The minimum Gasteiger partial charge on any atom is -0.381 e. The summed E-state index contributed by atoms with van der Waals surface area (Å²) in [5.41, 5.74) is 0. The Morgan fingerprint density at radius 2 is 2.46 bits per heavy atom. The van der Waals surface area contributed by atoms with Crippen LogP contribution in [0.5, 0.6) is 0 Å². The van der Waals surface area contributed by atoms with Crippen LogP contribution in [0.3, 0.4) is 0 Å². The van der Waals surface area contributed by atoms with E-state index in [0.29, 0.717) is 11.7 Å². The van der Waals surface area contributed by atoms with E-state index in [1.165, 1.54) is 6.42 Å². The molecule has 1 atom stereocenters. The van der Waals surface area contributed by atoms with Crippen molar-refractivity contribution in [2.75, 3.05) is 32.6 Å². The van der Waals surface area contributed by atoms with E-state index in [9.17, 15) is 4.79 Å². The van der Waals surface area contributed by atoms with E-state index >= 15 is 0 Å². The zero-order valence-corrected chi connectivity index (χ0v) is 8.93. The highest BCUT2D eigenvalue weighted by Gasteiger charge is 2.17. The van der Waals surface area contributed by atoms with Crippen molar-refractivity contribution in [2.24, 2.45) is 5.92 Å². The van der Waals surface area contributed by atoms with E-state index in [2.05, 4.69) is 12.6 Å². The number of thiol groups is 1. The zero-order valence-electron chi connectivity index (χ0n) is 8.03. The van der Waals surface area contributed by atoms with E-state index < -0.39 is 0 Å². The fourth-order valence-electron chi connectivity index (χ4n) is 1.56. The summed E-state index contributed by atoms with van der Waals surface area (Å²) in [6.45, 7) is 2.48. The van der Waals surface area contributed by atoms with Gasteiger partial charge in [-0.05, 0) is 18.8 Å². The molecule has 0 aliphatic carbocycles. The van der Waals surface area contributed by atoms with E-state index in [-0.39, 0.29) is 5.91 Å². The zero-order chi connectivity index (χ0) is 9.68. The molecule has 1 heterocycles. The van der Waals surface area contributed by atoms with Crippen molar-refractivity contribution in [2.45, 2.75) is 12.8 Å². The lowest BCUT2D eigenvalue weighted by atomic mass is 10.0. The summed E-state index contributed by atoms with van der Waals surface area (Å²) in [4.78, 5) is 12.9. The highest BCUT2D eigenvalue weighted by atomic mass is 32.1. The van der Waals surface area contributed by atoms with Gasteiger partial charge in [0.2, 0.25) is 5.91 Å². The molecule has 13 heavy (non-hydrogen) atoms. The van der Waals surface area contributed by atoms with Gasteiger partial charge in [0.25, 0.3) is 0 Å². The van der Waals surface area contributed by atoms with Gasteiger partial charge < -0.3 is 9.64 Å². The Morgan fingerprint density at radius 3 is 3.00 bits per heavy atom. The molecule has 1 aliphatic rings. The molecule has 76 valence electrons. The second-order valence-electron chi connectivity index (χ2n) is 3.52. The summed E-state index contributed by atoms with van der Waals surface area (Å²) in [6.07, 6.45) is 2.29. The highest BCUT2D eigenvalue weighted by molar-refractivity contribution is 7.81. The predicted molar refractivity (Wildman–Crippen MR) is 55.0 cm³/mol. The first-order chi connectivity index (χ1) is 6.24. The average molecular weight is 203 g/mol. The number of amides is 1. The summed E-state index contributed by atoms with van der Waals surface area (Å²) in [6, 6.07) is 0. The molecule has 0 spiro atoms. The summed E-state index contributed by atoms with van der Waals surface area (Å²) in [5, 5.41) is 0. The number of hydrogen-bond donors (Lipinski definition) is 1. The van der Waals surface area contributed by atoms with Crippen LogP contribution in [0.15, 0.2) is 0 Å². The molecule has 0 radical (unpaired) electrons. The van der Waals surface area contributed by atoms with E-state index in [4.69, 9.17) is 4.74 Å². The van der Waals surface area contributed by atoms with Gasteiger partial charge in [-0.2, -0.15) is 12.6 Å². The highest BCUT2D eigenvalue weighted by Crippen LogP contribution is 2.14. The Bertz CT molecular complexity index is 169. The Balaban J connectivity index is 2.25. The Kier molecular flexibility index (Phi) is 4.59. The fraction of sp³-hybridized carbons (Fsp3) is 0.889. The van der Waals surface area contributed by atoms with Crippen molar-refractivity contribution in [3.8, 4) is 0 Å². The van der Waals surface area contributed by atoms with Crippen LogP contribution in [0, 0.1) is 5.92 Å². The van der Waals surface area contributed by atoms with Gasteiger partial charge in [0.1, 0.15) is 0 Å². The molecule has 4 heteroatoms. The van der Waals surface area contributed by atoms with Crippen LogP contribution in [0.25, 0.3) is 0 Å². The molecule has 0 saturated carbocycles. The maximum Gasteiger partial charge on any atom is 0.232 e. The quantitative estimate of drug-likeness (QED) is 0.688. The molecule has 1 rings (SSSR count). The molecule has 0 aromatic rings. The average Bonchev–Trinajstić information content (AvgIpc) is 2.18. The third-order valence-electron chi connectivity index (χ3n) is 2.35. The van der Waals surface area contributed by atoms with Crippen molar-refractivity contribution in [3.63, 3.8) is 0 Å². The lowest BCUT2D eigenvalue weighted by Crippen LogP contribution is -2.35. The Labute approximate surface area is 84.8 Å². The van der Waals surface area contributed by atoms with Gasteiger partial charge >= 0.3 is 0 Å². The van der Waals surface area contributed by atoms with Crippen LogP contribution in [0.4, 0.5) is 0 Å². The summed E-state index contributed by atoms with van der Waals surface area (Å²) < 4.78 is 5.34. The lowest BCUT2D eigenvalue weighted by molar-refractivity contribution is -0.128. The Hall–Kier alpha value is -0.220. The maximum atomic E-state index is 11.2. The predicted octanol–water partition coefficient (Wildman–Crippen LogP) is 0.801. The van der Waals surface area contributed by atoms with Gasteiger partial charge in [-0.1, -0.05) is 0 Å². The van der Waals surface area contributed by atoms with Crippen molar-refractivity contribution < 1.29 is 9.53 Å². The van der Waals surface area contributed by atoms with E-state index in [0.717, 1.165) is 26.2 Å². The standard InChI is InChI=1S/C9H17NO2S/c1-10(9(11)7-13)5-8-3-2-4-12-6-8/h8,13H,2-7H2,1H3. The van der Waals surface area contributed by atoms with Gasteiger partial charge in [-0.15, -0.1) is 0 Å². The normalized spacial score (nSPS) is 22.8. The monoisotopic (exact) mass is 203 g/mol. The Morgan fingerprint density at radius 1 is 1.69 bits per heavy atom. The number of ether oxygens (including phenoxy) is 1. The molecule has 0 aromatic carbocycles. The fourth-order valence-corrected chi connectivity index (χ4v) is 1.80. The summed E-state index contributed by atoms with van der Waals surface area (Å²) in [5.74, 6) is 0.904. The van der Waals surface area contributed by atoms with Crippen molar-refractivity contribution >= 4 is 18.5 Å². The molecule has 1 saturated heterocycles. The molecular weight excluding hydrogens is 186 g/mol. The SMILES string of the molecule is CN(CC1CCCOC1)C(=O)CS.